The van der Waals surface area contributed by atoms with Crippen LogP contribution in [-0.4, -0.2) is 20.5 Å². The molecule has 3 N–H and O–H groups in total. The molecule has 0 saturated carbocycles. The zero-order chi connectivity index (χ0) is 12.6. The van der Waals surface area contributed by atoms with Gasteiger partial charge in [-0.25, -0.2) is 13.1 Å². The van der Waals surface area contributed by atoms with Crippen molar-refractivity contribution in [3.05, 3.63) is 13.6 Å². The molecule has 1 aromatic rings. The Kier molecular flexibility index (Phi) is 4.59. The van der Waals surface area contributed by atoms with Gasteiger partial charge in [0.05, 0.1) is 7.57 Å². The molecular weight excluding hydrogens is 380 g/mol. The molecule has 0 aromatic carbocycles. The average molecular weight is 392 g/mol. The minimum absolute atomic E-state index is 0.190. The van der Waals surface area contributed by atoms with Gasteiger partial charge in [0.15, 0.2) is 0 Å². The Labute approximate surface area is 116 Å². The SMILES string of the molecule is CC(C)(N)CNS(=O)(=O)c1cc(Br)sc1Br. The quantitative estimate of drug-likeness (QED) is 0.826. The van der Waals surface area contributed by atoms with Gasteiger partial charge < -0.3 is 5.73 Å². The van der Waals surface area contributed by atoms with E-state index in [-0.39, 0.29) is 11.4 Å². The molecule has 0 amide bonds. The Hall–Kier alpha value is 0.530. The Bertz CT molecular complexity index is 477. The third-order valence-electron chi connectivity index (χ3n) is 1.63. The molecule has 0 saturated heterocycles. The van der Waals surface area contributed by atoms with Gasteiger partial charge in [-0.3, -0.25) is 0 Å². The molecule has 16 heavy (non-hydrogen) atoms. The molecule has 0 radical (unpaired) electrons. The van der Waals surface area contributed by atoms with Crippen LogP contribution in [0.25, 0.3) is 0 Å². The summed E-state index contributed by atoms with van der Waals surface area (Å²) >= 11 is 7.76. The topological polar surface area (TPSA) is 72.2 Å². The molecule has 0 unspecified atom stereocenters. The number of halogens is 2. The number of thiophene rings is 1. The lowest BCUT2D eigenvalue weighted by atomic mass is 10.1. The van der Waals surface area contributed by atoms with Gasteiger partial charge in [0.2, 0.25) is 10.0 Å². The van der Waals surface area contributed by atoms with Crippen LogP contribution in [0, 0.1) is 0 Å². The fourth-order valence-corrected chi connectivity index (χ4v) is 5.90. The first-order valence-electron chi connectivity index (χ1n) is 4.35. The summed E-state index contributed by atoms with van der Waals surface area (Å²) in [6.07, 6.45) is 0. The van der Waals surface area contributed by atoms with Crippen LogP contribution in [0.2, 0.25) is 0 Å². The fraction of sp³-hybridized carbons (Fsp3) is 0.500. The zero-order valence-corrected chi connectivity index (χ0v) is 13.6. The van der Waals surface area contributed by atoms with E-state index in [1.165, 1.54) is 11.3 Å². The van der Waals surface area contributed by atoms with Crippen LogP contribution in [-0.2, 0) is 10.0 Å². The first-order valence-corrected chi connectivity index (χ1v) is 8.24. The second-order valence-electron chi connectivity index (χ2n) is 4.00. The molecule has 0 fully saturated rings. The van der Waals surface area contributed by atoms with E-state index in [0.717, 1.165) is 3.79 Å². The summed E-state index contributed by atoms with van der Waals surface area (Å²) in [6, 6.07) is 1.56. The van der Waals surface area contributed by atoms with Gasteiger partial charge in [-0.2, -0.15) is 0 Å². The van der Waals surface area contributed by atoms with Crippen LogP contribution < -0.4 is 10.5 Å². The molecule has 0 atom stereocenters. The van der Waals surface area contributed by atoms with Gasteiger partial charge in [-0.1, -0.05) is 0 Å². The summed E-state index contributed by atoms with van der Waals surface area (Å²) in [4.78, 5) is 0.230. The Morgan fingerprint density at radius 3 is 2.44 bits per heavy atom. The second kappa shape index (κ2) is 5.03. The molecular formula is C8H12Br2N2O2S2. The van der Waals surface area contributed by atoms with Crippen molar-refractivity contribution in [2.75, 3.05) is 6.54 Å². The fourth-order valence-electron chi connectivity index (χ4n) is 0.867. The summed E-state index contributed by atoms with van der Waals surface area (Å²) in [7, 11) is -3.50. The van der Waals surface area contributed by atoms with E-state index >= 15 is 0 Å². The lowest BCUT2D eigenvalue weighted by molar-refractivity contribution is 0.498. The van der Waals surface area contributed by atoms with Crippen LogP contribution >= 0.6 is 43.2 Å². The lowest BCUT2D eigenvalue weighted by Crippen LogP contribution is -2.45. The minimum atomic E-state index is -3.50. The zero-order valence-electron chi connectivity index (χ0n) is 8.75. The molecule has 4 nitrogen and oxygen atoms in total. The van der Waals surface area contributed by atoms with E-state index in [9.17, 15) is 8.42 Å². The van der Waals surface area contributed by atoms with Crippen molar-refractivity contribution in [1.82, 2.24) is 4.72 Å². The van der Waals surface area contributed by atoms with Crippen LogP contribution in [0.1, 0.15) is 13.8 Å². The average Bonchev–Trinajstić information content (AvgIpc) is 2.42. The summed E-state index contributed by atoms with van der Waals surface area (Å²) in [5, 5.41) is 0. The number of nitrogens with two attached hydrogens (primary N) is 1. The maximum absolute atomic E-state index is 11.9. The third-order valence-corrected chi connectivity index (χ3v) is 5.79. The molecule has 1 heterocycles. The molecule has 1 aromatic heterocycles. The first-order chi connectivity index (χ1) is 7.12. The van der Waals surface area contributed by atoms with Crippen molar-refractivity contribution in [1.29, 1.82) is 0 Å². The van der Waals surface area contributed by atoms with Crippen molar-refractivity contribution in [3.8, 4) is 0 Å². The monoisotopic (exact) mass is 390 g/mol. The largest absolute Gasteiger partial charge is 0.324 e. The van der Waals surface area contributed by atoms with Gasteiger partial charge in [-0.15, -0.1) is 11.3 Å². The van der Waals surface area contributed by atoms with Crippen molar-refractivity contribution in [2.24, 2.45) is 5.73 Å². The van der Waals surface area contributed by atoms with Gasteiger partial charge in [0, 0.05) is 12.1 Å². The highest BCUT2D eigenvalue weighted by molar-refractivity contribution is 9.12. The van der Waals surface area contributed by atoms with Gasteiger partial charge in [0.1, 0.15) is 4.90 Å². The maximum atomic E-state index is 11.9. The lowest BCUT2D eigenvalue weighted by Gasteiger charge is -2.18. The van der Waals surface area contributed by atoms with Crippen molar-refractivity contribution >= 4 is 53.2 Å². The predicted octanol–water partition coefficient (Wildman–Crippen LogP) is 2.29. The number of hydrogen-bond donors (Lipinski definition) is 2. The molecule has 92 valence electrons. The van der Waals surface area contributed by atoms with E-state index in [0.29, 0.717) is 3.79 Å². The van der Waals surface area contributed by atoms with Gasteiger partial charge >= 0.3 is 0 Å². The van der Waals surface area contributed by atoms with E-state index < -0.39 is 15.6 Å². The smallest absolute Gasteiger partial charge is 0.242 e. The number of rotatable bonds is 4. The predicted molar refractivity (Wildman–Crippen MR) is 73.2 cm³/mol. The van der Waals surface area contributed by atoms with E-state index in [1.54, 1.807) is 19.9 Å². The number of hydrogen-bond acceptors (Lipinski definition) is 4. The summed E-state index contributed by atoms with van der Waals surface area (Å²) in [5.41, 5.74) is 5.14. The molecule has 8 heteroatoms. The van der Waals surface area contributed by atoms with Gasteiger partial charge in [-0.05, 0) is 51.8 Å². The molecule has 0 aliphatic carbocycles. The standard InChI is InChI=1S/C8H12Br2N2O2S2/c1-8(2,11)4-12-16(13,14)5-3-6(9)15-7(5)10/h3,12H,4,11H2,1-2H3. The summed E-state index contributed by atoms with van der Waals surface area (Å²) in [6.45, 7) is 3.71. The molecule has 0 aliphatic rings. The van der Waals surface area contributed by atoms with Crippen LogP contribution in [0.5, 0.6) is 0 Å². The maximum Gasteiger partial charge on any atom is 0.242 e. The van der Waals surface area contributed by atoms with E-state index in [2.05, 4.69) is 36.6 Å². The molecule has 0 spiro atoms. The van der Waals surface area contributed by atoms with Crippen LogP contribution in [0.15, 0.2) is 18.5 Å². The van der Waals surface area contributed by atoms with Crippen molar-refractivity contribution < 1.29 is 8.42 Å². The van der Waals surface area contributed by atoms with Crippen LogP contribution in [0.4, 0.5) is 0 Å². The summed E-state index contributed by atoms with van der Waals surface area (Å²) in [5.74, 6) is 0. The third kappa shape index (κ3) is 4.08. The highest BCUT2D eigenvalue weighted by Gasteiger charge is 2.22. The van der Waals surface area contributed by atoms with E-state index in [1.807, 2.05) is 0 Å². The Morgan fingerprint density at radius 2 is 2.06 bits per heavy atom. The van der Waals surface area contributed by atoms with Crippen molar-refractivity contribution in [2.45, 2.75) is 24.3 Å². The number of sulfonamides is 1. The van der Waals surface area contributed by atoms with Crippen molar-refractivity contribution in [3.63, 3.8) is 0 Å². The summed E-state index contributed by atoms with van der Waals surface area (Å²) < 4.78 is 27.6. The highest BCUT2D eigenvalue weighted by atomic mass is 79.9. The molecule has 0 bridgehead atoms. The number of nitrogens with one attached hydrogen (secondary N) is 1. The minimum Gasteiger partial charge on any atom is -0.324 e. The second-order valence-corrected chi connectivity index (χ2v) is 9.49. The molecule has 0 aliphatic heterocycles. The first kappa shape index (κ1) is 14.6. The Balaban J connectivity index is 2.91. The van der Waals surface area contributed by atoms with Gasteiger partial charge in [0.25, 0.3) is 0 Å². The molecule has 1 rings (SSSR count). The van der Waals surface area contributed by atoms with E-state index in [4.69, 9.17) is 5.73 Å². The van der Waals surface area contributed by atoms with Crippen LogP contribution in [0.3, 0.4) is 0 Å². The highest BCUT2D eigenvalue weighted by Crippen LogP contribution is 2.34. The normalized spacial score (nSPS) is 13.1. The Morgan fingerprint density at radius 1 is 1.50 bits per heavy atom.